The van der Waals surface area contributed by atoms with Crippen LogP contribution in [0.5, 0.6) is 0 Å². The Morgan fingerprint density at radius 1 is 1.60 bits per heavy atom. The second-order valence-electron chi connectivity index (χ2n) is 3.66. The second kappa shape index (κ2) is 5.18. The highest BCUT2D eigenvalue weighted by Crippen LogP contribution is 2.11. The van der Waals surface area contributed by atoms with Crippen LogP contribution in [0.4, 0.5) is 0 Å². The van der Waals surface area contributed by atoms with Crippen LogP contribution in [0, 0.1) is 0 Å². The van der Waals surface area contributed by atoms with E-state index < -0.39 is 9.84 Å². The normalized spacial score (nSPS) is 21.6. The van der Waals surface area contributed by atoms with Gasteiger partial charge in [0.15, 0.2) is 0 Å². The Bertz CT molecular complexity index is 323. The molecule has 1 fully saturated rings. The lowest BCUT2D eigenvalue weighted by molar-refractivity contribution is -0.131. The average Bonchev–Trinajstić information content (AvgIpc) is 2.64. The molecule has 1 amide bonds. The first-order chi connectivity index (χ1) is 6.90. The van der Waals surface area contributed by atoms with Gasteiger partial charge in [-0.2, -0.15) is 0 Å². The number of hydrogen-bond acceptors (Lipinski definition) is 5. The van der Waals surface area contributed by atoms with E-state index in [0.717, 1.165) is 11.6 Å². The lowest BCUT2D eigenvalue weighted by Gasteiger charge is -2.20. The van der Waals surface area contributed by atoms with E-state index in [1.54, 1.807) is 18.8 Å². The van der Waals surface area contributed by atoms with Gasteiger partial charge in [-0.15, -0.1) is 11.8 Å². The Balaban J connectivity index is 2.39. The van der Waals surface area contributed by atoms with E-state index in [-0.39, 0.29) is 24.2 Å². The highest BCUT2D eigenvalue weighted by Gasteiger charge is 2.25. The van der Waals surface area contributed by atoms with Crippen molar-refractivity contribution in [1.82, 2.24) is 10.2 Å². The fourth-order valence-electron chi connectivity index (χ4n) is 1.23. The van der Waals surface area contributed by atoms with Gasteiger partial charge in [-0.3, -0.25) is 10.1 Å². The van der Waals surface area contributed by atoms with Crippen molar-refractivity contribution < 1.29 is 13.2 Å². The number of amides is 1. The summed E-state index contributed by atoms with van der Waals surface area (Å²) in [7, 11) is -1.36. The number of sulfone groups is 1. The van der Waals surface area contributed by atoms with Crippen molar-refractivity contribution in [3.63, 3.8) is 0 Å². The molecule has 1 heterocycles. The van der Waals surface area contributed by atoms with E-state index in [1.165, 1.54) is 11.2 Å². The van der Waals surface area contributed by atoms with Gasteiger partial charge in [-0.1, -0.05) is 0 Å². The van der Waals surface area contributed by atoms with Gasteiger partial charge >= 0.3 is 0 Å². The van der Waals surface area contributed by atoms with Crippen molar-refractivity contribution in [2.24, 2.45) is 0 Å². The van der Waals surface area contributed by atoms with Crippen molar-refractivity contribution in [3.05, 3.63) is 0 Å². The number of nitrogens with zero attached hydrogens (tertiary/aromatic N) is 1. The number of carbonyl (C=O) groups excluding carboxylic acids is 1. The summed E-state index contributed by atoms with van der Waals surface area (Å²) < 4.78 is 21.8. The zero-order valence-electron chi connectivity index (χ0n) is 8.89. The Hall–Kier alpha value is -0.270. The Morgan fingerprint density at radius 3 is 2.73 bits per heavy atom. The van der Waals surface area contributed by atoms with Crippen molar-refractivity contribution in [2.45, 2.75) is 6.04 Å². The molecule has 0 saturated carbocycles. The molecule has 0 spiro atoms. The van der Waals surface area contributed by atoms with Crippen molar-refractivity contribution in [3.8, 4) is 0 Å². The van der Waals surface area contributed by atoms with Gasteiger partial charge in [0, 0.05) is 31.5 Å². The van der Waals surface area contributed by atoms with E-state index in [9.17, 15) is 13.2 Å². The average molecular weight is 252 g/mol. The summed E-state index contributed by atoms with van der Waals surface area (Å²) in [4.78, 5) is 13.2. The first-order valence-corrected chi connectivity index (χ1v) is 7.85. The number of carbonyl (C=O) groups is 1. The molecular formula is C8H16N2O3S2. The summed E-state index contributed by atoms with van der Waals surface area (Å²) in [6.07, 6.45) is 1.18. The third-order valence-corrected chi connectivity index (χ3v) is 4.05. The molecule has 1 aliphatic rings. The van der Waals surface area contributed by atoms with E-state index in [1.807, 2.05) is 0 Å². The van der Waals surface area contributed by atoms with Gasteiger partial charge in [0.2, 0.25) is 5.91 Å². The fourth-order valence-corrected chi connectivity index (χ4v) is 2.77. The molecule has 5 nitrogen and oxygen atoms in total. The van der Waals surface area contributed by atoms with Crippen LogP contribution in [0.15, 0.2) is 0 Å². The van der Waals surface area contributed by atoms with Crippen LogP contribution < -0.4 is 5.32 Å². The second-order valence-corrected chi connectivity index (χ2v) is 6.95. The van der Waals surface area contributed by atoms with E-state index in [2.05, 4.69) is 5.32 Å². The summed E-state index contributed by atoms with van der Waals surface area (Å²) in [5.74, 6) is 1.55. The molecular weight excluding hydrogens is 236 g/mol. The Morgan fingerprint density at radius 2 is 2.27 bits per heavy atom. The lowest BCUT2D eigenvalue weighted by Crippen LogP contribution is -2.44. The van der Waals surface area contributed by atoms with E-state index in [0.29, 0.717) is 0 Å². The zero-order valence-corrected chi connectivity index (χ0v) is 10.5. The monoisotopic (exact) mass is 252 g/mol. The topological polar surface area (TPSA) is 66.5 Å². The van der Waals surface area contributed by atoms with Crippen molar-refractivity contribution in [2.75, 3.05) is 37.2 Å². The molecule has 0 aliphatic carbocycles. The van der Waals surface area contributed by atoms with Crippen molar-refractivity contribution >= 4 is 27.5 Å². The molecule has 15 heavy (non-hydrogen) atoms. The van der Waals surface area contributed by atoms with Crippen LogP contribution >= 0.6 is 11.8 Å². The molecule has 88 valence electrons. The highest BCUT2D eigenvalue weighted by molar-refractivity contribution is 7.99. The maximum absolute atomic E-state index is 11.7. The van der Waals surface area contributed by atoms with Gasteiger partial charge in [-0.25, -0.2) is 8.42 Å². The molecule has 1 saturated heterocycles. The molecule has 1 N–H and O–H groups in total. The lowest BCUT2D eigenvalue weighted by atomic mass is 10.3. The molecule has 1 rings (SSSR count). The number of rotatable bonds is 4. The molecule has 0 bridgehead atoms. The third-order valence-electron chi connectivity index (χ3n) is 2.19. The summed E-state index contributed by atoms with van der Waals surface area (Å²) in [6.45, 7) is 0.264. The minimum atomic E-state index is -3.00. The van der Waals surface area contributed by atoms with Gasteiger partial charge < -0.3 is 4.90 Å². The predicted octanol–water partition coefficient (Wildman–Crippen LogP) is -0.848. The number of likely N-dealkylation sites (N-methyl/N-ethyl adjacent to an activating group) is 1. The smallest absolute Gasteiger partial charge is 0.240 e. The quantitative estimate of drug-likeness (QED) is 0.706. The van der Waals surface area contributed by atoms with Crippen LogP contribution in [-0.4, -0.2) is 62.5 Å². The van der Waals surface area contributed by atoms with Gasteiger partial charge in [-0.05, 0) is 0 Å². The predicted molar refractivity (Wildman–Crippen MR) is 61.6 cm³/mol. The largest absolute Gasteiger partial charge is 0.343 e. The van der Waals surface area contributed by atoms with Crippen LogP contribution in [0.2, 0.25) is 0 Å². The molecule has 1 unspecified atom stereocenters. The summed E-state index contributed by atoms with van der Waals surface area (Å²) >= 11 is 1.67. The van der Waals surface area contributed by atoms with Crippen LogP contribution in [0.25, 0.3) is 0 Å². The van der Waals surface area contributed by atoms with E-state index in [4.69, 9.17) is 0 Å². The molecule has 0 aromatic rings. The van der Waals surface area contributed by atoms with Crippen LogP contribution in [-0.2, 0) is 14.6 Å². The van der Waals surface area contributed by atoms with Crippen LogP contribution in [0.1, 0.15) is 0 Å². The first kappa shape index (κ1) is 12.8. The Labute approximate surface area is 94.5 Å². The molecule has 7 heteroatoms. The summed E-state index contributed by atoms with van der Waals surface area (Å²) in [5.41, 5.74) is 0. The fraction of sp³-hybridized carbons (Fsp3) is 0.875. The molecule has 1 aliphatic heterocycles. The van der Waals surface area contributed by atoms with Gasteiger partial charge in [0.05, 0.1) is 11.8 Å². The number of thioether (sulfide) groups is 1. The number of hydrogen-bond donors (Lipinski definition) is 1. The SMILES string of the molecule is CN(CCS(C)(=O)=O)C(=O)C1CSCN1. The minimum absolute atomic E-state index is 0.0229. The van der Waals surface area contributed by atoms with Gasteiger partial charge in [0.25, 0.3) is 0 Å². The van der Waals surface area contributed by atoms with E-state index >= 15 is 0 Å². The van der Waals surface area contributed by atoms with Gasteiger partial charge in [0.1, 0.15) is 9.84 Å². The molecule has 0 radical (unpaired) electrons. The highest BCUT2D eigenvalue weighted by atomic mass is 32.2. The maximum Gasteiger partial charge on any atom is 0.240 e. The third kappa shape index (κ3) is 4.40. The van der Waals surface area contributed by atoms with Crippen LogP contribution in [0.3, 0.4) is 0 Å². The molecule has 0 aromatic carbocycles. The van der Waals surface area contributed by atoms with Crippen molar-refractivity contribution in [1.29, 1.82) is 0 Å². The first-order valence-electron chi connectivity index (χ1n) is 4.64. The Kier molecular flexibility index (Phi) is 4.42. The molecule has 1 atom stereocenters. The minimum Gasteiger partial charge on any atom is -0.343 e. The molecule has 0 aromatic heterocycles. The zero-order chi connectivity index (χ0) is 11.5. The maximum atomic E-state index is 11.7. The summed E-state index contributed by atoms with van der Waals surface area (Å²) in [6, 6.07) is -0.153. The standard InChI is InChI=1S/C8H16N2O3S2/c1-10(3-4-15(2,12)13)8(11)7-5-14-6-9-7/h7,9H,3-6H2,1-2H3. The number of nitrogens with one attached hydrogen (secondary N) is 1. The summed E-state index contributed by atoms with van der Waals surface area (Å²) in [5, 5.41) is 3.06.